The molecule has 21 heavy (non-hydrogen) atoms. The molecule has 0 unspecified atom stereocenters. The molecule has 0 saturated heterocycles. The summed E-state index contributed by atoms with van der Waals surface area (Å²) in [6.45, 7) is -0.118. The van der Waals surface area contributed by atoms with Gasteiger partial charge in [-0.25, -0.2) is 4.39 Å². The molecule has 7 heteroatoms. The Labute approximate surface area is 121 Å². The summed E-state index contributed by atoms with van der Waals surface area (Å²) in [6, 6.07) is 4.68. The molecule has 0 amide bonds. The zero-order valence-corrected chi connectivity index (χ0v) is 12.0. The summed E-state index contributed by atoms with van der Waals surface area (Å²) in [5, 5.41) is 0. The molecule has 1 rings (SSSR count). The maximum atomic E-state index is 13.5. The minimum Gasteiger partial charge on any atom is -0.494 e. The Bertz CT molecular complexity index is 437. The Hall–Kier alpha value is -1.34. The van der Waals surface area contributed by atoms with Gasteiger partial charge in [-0.05, 0) is 31.2 Å². The van der Waals surface area contributed by atoms with Crippen LogP contribution >= 0.6 is 0 Å². The van der Waals surface area contributed by atoms with E-state index in [1.54, 1.807) is 12.1 Å². The van der Waals surface area contributed by atoms with E-state index < -0.39 is 18.6 Å². The molecule has 0 radical (unpaired) electrons. The molecule has 120 valence electrons. The summed E-state index contributed by atoms with van der Waals surface area (Å²) in [4.78, 5) is 1.89. The van der Waals surface area contributed by atoms with E-state index >= 15 is 0 Å². The summed E-state index contributed by atoms with van der Waals surface area (Å²) in [5.74, 6) is -0.251. The standard InChI is InChI=1S/C14H19F4NO2/c1-19(6-3-7-21-10-14(16,17)18)9-11-4-5-13(20-2)12(15)8-11/h4-5,8H,3,6-7,9-10H2,1-2H3. The first kappa shape index (κ1) is 17.7. The van der Waals surface area contributed by atoms with Crippen LogP contribution in [-0.2, 0) is 11.3 Å². The number of nitrogens with zero attached hydrogens (tertiary/aromatic N) is 1. The Kier molecular flexibility index (Phi) is 6.91. The molecule has 0 spiro atoms. The highest BCUT2D eigenvalue weighted by atomic mass is 19.4. The predicted molar refractivity (Wildman–Crippen MR) is 70.8 cm³/mol. The second-order valence-electron chi connectivity index (χ2n) is 4.73. The molecule has 1 aromatic rings. The topological polar surface area (TPSA) is 21.7 Å². The fourth-order valence-electron chi connectivity index (χ4n) is 1.82. The molecule has 0 aliphatic rings. The summed E-state index contributed by atoms with van der Waals surface area (Å²) in [5.41, 5.74) is 0.770. The fraction of sp³-hybridized carbons (Fsp3) is 0.571. The highest BCUT2D eigenvalue weighted by molar-refractivity contribution is 5.29. The van der Waals surface area contributed by atoms with Gasteiger partial charge in [0.05, 0.1) is 7.11 Å². The van der Waals surface area contributed by atoms with E-state index in [0.29, 0.717) is 19.5 Å². The van der Waals surface area contributed by atoms with Crippen LogP contribution in [0.3, 0.4) is 0 Å². The van der Waals surface area contributed by atoms with E-state index in [0.717, 1.165) is 5.56 Å². The molecule has 0 fully saturated rings. The van der Waals surface area contributed by atoms with Gasteiger partial charge in [-0.1, -0.05) is 6.07 Å². The molecule has 0 heterocycles. The largest absolute Gasteiger partial charge is 0.494 e. The third kappa shape index (κ3) is 7.29. The number of rotatable bonds is 8. The van der Waals surface area contributed by atoms with Crippen LogP contribution in [-0.4, -0.2) is 45.0 Å². The normalized spacial score (nSPS) is 12.0. The van der Waals surface area contributed by atoms with E-state index in [2.05, 4.69) is 4.74 Å². The number of alkyl halides is 3. The lowest BCUT2D eigenvalue weighted by Crippen LogP contribution is -2.22. The van der Waals surface area contributed by atoms with Crippen molar-refractivity contribution in [2.45, 2.75) is 19.1 Å². The van der Waals surface area contributed by atoms with Crippen LogP contribution < -0.4 is 4.74 Å². The van der Waals surface area contributed by atoms with Gasteiger partial charge < -0.3 is 14.4 Å². The van der Waals surface area contributed by atoms with Crippen molar-refractivity contribution in [2.24, 2.45) is 0 Å². The third-order valence-electron chi connectivity index (χ3n) is 2.76. The van der Waals surface area contributed by atoms with Crippen molar-refractivity contribution >= 4 is 0 Å². The second kappa shape index (κ2) is 8.19. The summed E-state index contributed by atoms with van der Waals surface area (Å²) in [6.07, 6.45) is -3.81. The second-order valence-corrected chi connectivity index (χ2v) is 4.73. The third-order valence-corrected chi connectivity index (χ3v) is 2.76. The van der Waals surface area contributed by atoms with Crippen molar-refractivity contribution in [3.05, 3.63) is 29.6 Å². The molecular weight excluding hydrogens is 290 g/mol. The summed E-state index contributed by atoms with van der Waals surface area (Å²) >= 11 is 0. The lowest BCUT2D eigenvalue weighted by Gasteiger charge is -2.17. The number of methoxy groups -OCH3 is 1. The maximum absolute atomic E-state index is 13.5. The Morgan fingerprint density at radius 1 is 1.24 bits per heavy atom. The highest BCUT2D eigenvalue weighted by Crippen LogP contribution is 2.18. The first-order valence-electron chi connectivity index (χ1n) is 6.47. The zero-order chi connectivity index (χ0) is 15.9. The predicted octanol–water partition coefficient (Wildman–Crippen LogP) is 3.24. The van der Waals surface area contributed by atoms with Crippen LogP contribution in [0.5, 0.6) is 5.75 Å². The van der Waals surface area contributed by atoms with Gasteiger partial charge in [0, 0.05) is 19.7 Å². The van der Waals surface area contributed by atoms with E-state index in [1.165, 1.54) is 13.2 Å². The van der Waals surface area contributed by atoms with Gasteiger partial charge in [-0.15, -0.1) is 0 Å². The van der Waals surface area contributed by atoms with Crippen molar-refractivity contribution in [3.63, 3.8) is 0 Å². The van der Waals surface area contributed by atoms with Crippen molar-refractivity contribution in [2.75, 3.05) is 33.9 Å². The minimum absolute atomic E-state index is 0.0425. The van der Waals surface area contributed by atoms with Crippen LogP contribution in [0.4, 0.5) is 17.6 Å². The number of halogens is 4. The average molecular weight is 309 g/mol. The molecule has 3 nitrogen and oxygen atoms in total. The van der Waals surface area contributed by atoms with Crippen LogP contribution in [0, 0.1) is 5.82 Å². The summed E-state index contributed by atoms with van der Waals surface area (Å²) in [7, 11) is 3.21. The van der Waals surface area contributed by atoms with Crippen LogP contribution in [0.2, 0.25) is 0 Å². The Morgan fingerprint density at radius 3 is 2.52 bits per heavy atom. The first-order chi connectivity index (χ1) is 9.81. The molecule has 0 aromatic heterocycles. The molecule has 0 atom stereocenters. The quantitative estimate of drug-likeness (QED) is 0.543. The van der Waals surface area contributed by atoms with Crippen molar-refractivity contribution in [3.8, 4) is 5.75 Å². The van der Waals surface area contributed by atoms with Gasteiger partial charge in [-0.2, -0.15) is 13.2 Å². The van der Waals surface area contributed by atoms with E-state index in [4.69, 9.17) is 4.74 Å². The van der Waals surface area contributed by atoms with Gasteiger partial charge in [0.1, 0.15) is 6.61 Å². The van der Waals surface area contributed by atoms with Gasteiger partial charge in [0.25, 0.3) is 0 Å². The number of hydrogen-bond acceptors (Lipinski definition) is 3. The van der Waals surface area contributed by atoms with E-state index in [1.807, 2.05) is 11.9 Å². The van der Waals surface area contributed by atoms with E-state index in [-0.39, 0.29) is 12.4 Å². The van der Waals surface area contributed by atoms with Gasteiger partial charge in [0.2, 0.25) is 0 Å². The molecule has 1 aromatic carbocycles. The Balaban J connectivity index is 2.27. The van der Waals surface area contributed by atoms with Gasteiger partial charge in [-0.3, -0.25) is 0 Å². The van der Waals surface area contributed by atoms with Crippen molar-refractivity contribution in [1.29, 1.82) is 0 Å². The monoisotopic (exact) mass is 309 g/mol. The molecular formula is C14H19F4NO2. The van der Waals surface area contributed by atoms with Gasteiger partial charge in [0.15, 0.2) is 11.6 Å². The number of hydrogen-bond donors (Lipinski definition) is 0. The van der Waals surface area contributed by atoms with Gasteiger partial charge >= 0.3 is 6.18 Å². The average Bonchev–Trinajstić information content (AvgIpc) is 2.37. The fourth-order valence-corrected chi connectivity index (χ4v) is 1.82. The van der Waals surface area contributed by atoms with Crippen molar-refractivity contribution in [1.82, 2.24) is 4.90 Å². The SMILES string of the molecule is COc1ccc(CN(C)CCCOCC(F)(F)F)cc1F. The minimum atomic E-state index is -4.29. The molecule has 0 saturated carbocycles. The molecule has 0 N–H and O–H groups in total. The highest BCUT2D eigenvalue weighted by Gasteiger charge is 2.27. The van der Waals surface area contributed by atoms with E-state index in [9.17, 15) is 17.6 Å². The Morgan fingerprint density at radius 2 is 1.95 bits per heavy atom. The lowest BCUT2D eigenvalue weighted by atomic mass is 10.2. The lowest BCUT2D eigenvalue weighted by molar-refractivity contribution is -0.174. The van der Waals surface area contributed by atoms with Crippen LogP contribution in [0.15, 0.2) is 18.2 Å². The molecule has 0 aliphatic carbocycles. The summed E-state index contributed by atoms with van der Waals surface area (Å²) < 4.78 is 58.4. The smallest absolute Gasteiger partial charge is 0.411 e. The zero-order valence-electron chi connectivity index (χ0n) is 12.0. The molecule has 0 bridgehead atoms. The van der Waals surface area contributed by atoms with Crippen LogP contribution in [0.25, 0.3) is 0 Å². The van der Waals surface area contributed by atoms with Crippen LogP contribution in [0.1, 0.15) is 12.0 Å². The molecule has 0 aliphatic heterocycles. The number of ether oxygens (including phenoxy) is 2. The maximum Gasteiger partial charge on any atom is 0.411 e. The number of benzene rings is 1. The van der Waals surface area contributed by atoms with Crippen molar-refractivity contribution < 1.29 is 27.0 Å². The first-order valence-corrected chi connectivity index (χ1v) is 6.47.